The molecule has 2 N–H and O–H groups in total. The number of aromatic nitrogens is 5. The van der Waals surface area contributed by atoms with Crippen molar-refractivity contribution in [2.45, 2.75) is 31.3 Å². The van der Waals surface area contributed by atoms with Crippen LogP contribution < -0.4 is 14.4 Å². The lowest BCUT2D eigenvalue weighted by Gasteiger charge is -2.27. The molecule has 0 amide bonds. The van der Waals surface area contributed by atoms with E-state index >= 15 is 0 Å². The number of fused-ring (bicyclic) bond motifs is 1. The summed E-state index contributed by atoms with van der Waals surface area (Å²) in [7, 11) is -3.83. The van der Waals surface area contributed by atoms with Crippen LogP contribution in [0.4, 0.5) is 5.82 Å². The van der Waals surface area contributed by atoms with Crippen molar-refractivity contribution in [1.82, 2.24) is 29.5 Å². The van der Waals surface area contributed by atoms with Gasteiger partial charge in [0.15, 0.2) is 5.82 Å². The molecule has 1 aliphatic rings. The average Bonchev–Trinajstić information content (AvgIpc) is 3.51. The number of rotatable bonds is 8. The van der Waals surface area contributed by atoms with Crippen LogP contribution in [0.15, 0.2) is 53.7 Å². The summed E-state index contributed by atoms with van der Waals surface area (Å²) in [6, 6.07) is 10.6. The standard InChI is InChI=1S/C23H27N7O4S/c1-3-30-22(26-27-23(30)34-18-5-4-17-8-9-24-20(17)14-18)16(2)28-35(31,32)19-6-7-21(25-15-19)29-10-12-33-13-11-29/h4-9,14-16,24,28H,3,10-13H2,1-2H3/t16-/m1/s1. The van der Waals surface area contributed by atoms with Crippen LogP contribution in [0, 0.1) is 0 Å². The van der Waals surface area contributed by atoms with Crippen LogP contribution in [-0.4, -0.2) is 59.5 Å². The molecule has 0 saturated carbocycles. The molecule has 4 heterocycles. The second-order valence-corrected chi connectivity index (χ2v) is 9.92. The zero-order chi connectivity index (χ0) is 24.4. The normalized spacial score (nSPS) is 15.4. The molecule has 0 bridgehead atoms. The number of benzene rings is 1. The molecule has 1 atom stereocenters. The zero-order valence-corrected chi connectivity index (χ0v) is 20.3. The van der Waals surface area contributed by atoms with Crippen molar-refractivity contribution in [2.24, 2.45) is 0 Å². The summed E-state index contributed by atoms with van der Waals surface area (Å²) in [6.07, 6.45) is 3.23. The molecule has 0 aliphatic carbocycles. The number of ether oxygens (including phenoxy) is 2. The monoisotopic (exact) mass is 497 g/mol. The number of sulfonamides is 1. The second kappa shape index (κ2) is 9.64. The molecule has 0 spiro atoms. The number of aromatic amines is 1. The third-order valence-corrected chi connectivity index (χ3v) is 7.41. The maximum Gasteiger partial charge on any atom is 0.322 e. The minimum absolute atomic E-state index is 0.0830. The van der Waals surface area contributed by atoms with Gasteiger partial charge in [-0.3, -0.25) is 4.57 Å². The van der Waals surface area contributed by atoms with E-state index in [1.165, 1.54) is 6.20 Å². The van der Waals surface area contributed by atoms with E-state index in [0.29, 0.717) is 31.3 Å². The highest BCUT2D eigenvalue weighted by atomic mass is 32.2. The Morgan fingerprint density at radius 3 is 2.74 bits per heavy atom. The fraction of sp³-hybridized carbons (Fsp3) is 0.348. The van der Waals surface area contributed by atoms with Crippen molar-refractivity contribution in [3.05, 3.63) is 54.6 Å². The Morgan fingerprint density at radius 2 is 2.00 bits per heavy atom. The smallest absolute Gasteiger partial charge is 0.322 e. The first kappa shape index (κ1) is 23.3. The lowest BCUT2D eigenvalue weighted by atomic mass is 10.2. The SMILES string of the molecule is CCn1c(Oc2ccc3cc[nH]c3c2)nnc1[C@@H](C)NS(=O)(=O)c1ccc(N2CCOCC2)nc1. The molecule has 35 heavy (non-hydrogen) atoms. The van der Waals surface area contributed by atoms with Gasteiger partial charge < -0.3 is 19.4 Å². The minimum atomic E-state index is -3.83. The van der Waals surface area contributed by atoms with Crippen LogP contribution in [0.2, 0.25) is 0 Å². The van der Waals surface area contributed by atoms with Gasteiger partial charge in [0, 0.05) is 43.6 Å². The molecule has 4 aromatic rings. The molecule has 1 aromatic carbocycles. The summed E-state index contributed by atoms with van der Waals surface area (Å²) in [5.74, 6) is 1.78. The Morgan fingerprint density at radius 1 is 1.17 bits per heavy atom. The third-order valence-electron chi connectivity index (χ3n) is 5.88. The highest BCUT2D eigenvalue weighted by Gasteiger charge is 2.25. The molecular formula is C23H27N7O4S. The summed E-state index contributed by atoms with van der Waals surface area (Å²) in [6.45, 7) is 6.86. The van der Waals surface area contributed by atoms with E-state index in [9.17, 15) is 8.42 Å². The van der Waals surface area contributed by atoms with Crippen LogP contribution in [0.25, 0.3) is 10.9 Å². The molecule has 5 rings (SSSR count). The lowest BCUT2D eigenvalue weighted by molar-refractivity contribution is 0.122. The van der Waals surface area contributed by atoms with Gasteiger partial charge in [0.25, 0.3) is 0 Å². The van der Waals surface area contributed by atoms with Gasteiger partial charge in [0.2, 0.25) is 10.0 Å². The number of pyridine rings is 1. The average molecular weight is 498 g/mol. The Bertz CT molecular complexity index is 1410. The van der Waals surface area contributed by atoms with E-state index in [4.69, 9.17) is 9.47 Å². The Balaban J connectivity index is 1.31. The molecule has 0 radical (unpaired) electrons. The van der Waals surface area contributed by atoms with Crippen molar-refractivity contribution in [1.29, 1.82) is 0 Å². The molecule has 11 nitrogen and oxygen atoms in total. The number of nitrogens with one attached hydrogen (secondary N) is 2. The number of H-pyrrole nitrogens is 1. The van der Waals surface area contributed by atoms with Crippen LogP contribution >= 0.6 is 0 Å². The molecule has 1 fully saturated rings. The molecular weight excluding hydrogens is 470 g/mol. The van der Waals surface area contributed by atoms with Gasteiger partial charge >= 0.3 is 6.01 Å². The highest BCUT2D eigenvalue weighted by molar-refractivity contribution is 7.89. The van der Waals surface area contributed by atoms with Crippen molar-refractivity contribution in [3.63, 3.8) is 0 Å². The van der Waals surface area contributed by atoms with Crippen LogP contribution in [0.3, 0.4) is 0 Å². The number of anilines is 1. The number of hydrogen-bond acceptors (Lipinski definition) is 8. The number of morpholine rings is 1. The molecule has 1 aliphatic heterocycles. The Hall–Kier alpha value is -3.48. The molecule has 1 saturated heterocycles. The van der Waals surface area contributed by atoms with Crippen molar-refractivity contribution in [2.75, 3.05) is 31.2 Å². The molecule has 12 heteroatoms. The van der Waals surface area contributed by atoms with Crippen LogP contribution in [0.1, 0.15) is 25.7 Å². The first-order valence-corrected chi connectivity index (χ1v) is 12.9. The fourth-order valence-corrected chi connectivity index (χ4v) is 5.20. The molecule has 3 aromatic heterocycles. The predicted octanol–water partition coefficient (Wildman–Crippen LogP) is 2.84. The van der Waals surface area contributed by atoms with Gasteiger partial charge in [-0.1, -0.05) is 5.10 Å². The molecule has 184 valence electrons. The largest absolute Gasteiger partial charge is 0.424 e. The zero-order valence-electron chi connectivity index (χ0n) is 19.5. The highest BCUT2D eigenvalue weighted by Crippen LogP contribution is 2.26. The summed E-state index contributed by atoms with van der Waals surface area (Å²) in [5, 5.41) is 9.44. The van der Waals surface area contributed by atoms with Gasteiger partial charge in [-0.15, -0.1) is 5.10 Å². The first-order valence-electron chi connectivity index (χ1n) is 11.4. The Labute approximate surface area is 203 Å². The van der Waals surface area contributed by atoms with E-state index in [1.54, 1.807) is 23.6 Å². The van der Waals surface area contributed by atoms with Crippen LogP contribution in [-0.2, 0) is 21.3 Å². The Kier molecular flexibility index (Phi) is 6.41. The van der Waals surface area contributed by atoms with E-state index < -0.39 is 16.1 Å². The summed E-state index contributed by atoms with van der Waals surface area (Å²) in [4.78, 5) is 9.64. The minimum Gasteiger partial charge on any atom is -0.424 e. The topological polar surface area (TPSA) is 127 Å². The summed E-state index contributed by atoms with van der Waals surface area (Å²) < 4.78 is 41.8. The lowest BCUT2D eigenvalue weighted by Crippen LogP contribution is -2.36. The number of nitrogens with zero attached hydrogens (tertiary/aromatic N) is 5. The van der Waals surface area contributed by atoms with E-state index in [1.807, 2.05) is 37.4 Å². The quantitative estimate of drug-likeness (QED) is 0.380. The van der Waals surface area contributed by atoms with Crippen molar-refractivity contribution in [3.8, 4) is 11.8 Å². The van der Waals surface area contributed by atoms with Crippen LogP contribution in [0.5, 0.6) is 11.8 Å². The van der Waals surface area contributed by atoms with Crippen molar-refractivity contribution >= 4 is 26.7 Å². The van der Waals surface area contributed by atoms with E-state index in [0.717, 1.165) is 29.8 Å². The predicted molar refractivity (Wildman–Crippen MR) is 130 cm³/mol. The third kappa shape index (κ3) is 4.85. The first-order chi connectivity index (χ1) is 16.9. The van der Waals surface area contributed by atoms with E-state index in [2.05, 4.69) is 29.8 Å². The fourth-order valence-electron chi connectivity index (χ4n) is 4.05. The van der Waals surface area contributed by atoms with E-state index in [-0.39, 0.29) is 10.9 Å². The van der Waals surface area contributed by atoms with Gasteiger partial charge in [0.05, 0.1) is 19.3 Å². The second-order valence-electron chi connectivity index (χ2n) is 8.21. The van der Waals surface area contributed by atoms with Gasteiger partial charge in [-0.2, -0.15) is 0 Å². The van der Waals surface area contributed by atoms with Gasteiger partial charge in [-0.25, -0.2) is 18.1 Å². The summed E-state index contributed by atoms with van der Waals surface area (Å²) >= 11 is 0. The molecule has 0 unspecified atom stereocenters. The van der Waals surface area contributed by atoms with Gasteiger partial charge in [-0.05, 0) is 49.6 Å². The summed E-state index contributed by atoms with van der Waals surface area (Å²) in [5.41, 5.74) is 0.944. The maximum atomic E-state index is 13.0. The van der Waals surface area contributed by atoms with Gasteiger partial charge in [0.1, 0.15) is 16.5 Å². The van der Waals surface area contributed by atoms with Crippen molar-refractivity contribution < 1.29 is 17.9 Å². The maximum absolute atomic E-state index is 13.0. The number of hydrogen-bond donors (Lipinski definition) is 2.